The van der Waals surface area contributed by atoms with Crippen LogP contribution >= 0.6 is 11.8 Å². The summed E-state index contributed by atoms with van der Waals surface area (Å²) in [5, 5.41) is 0.585. The standard InChI is InChI=1S/C23H26N2O4S2/c1-16-3-5-18(6-4-16)13-22(26)24-23-25(20-14-31(27,28)15-21(20)30-23)12-11-17-7-9-19(29-2)10-8-17/h3-10,20-21H,11-15H2,1-2H3/t20-,21+/m1/s1. The van der Waals surface area contributed by atoms with Crippen molar-refractivity contribution in [1.29, 1.82) is 0 Å². The number of aliphatic imine (C=N–C) groups is 1. The highest BCUT2D eigenvalue weighted by Gasteiger charge is 2.48. The Kier molecular flexibility index (Phi) is 6.39. The maximum Gasteiger partial charge on any atom is 0.252 e. The Morgan fingerprint density at radius 1 is 1.10 bits per heavy atom. The second kappa shape index (κ2) is 9.04. The van der Waals surface area contributed by atoms with Crippen LogP contribution < -0.4 is 4.74 Å². The number of hydrogen-bond donors (Lipinski definition) is 0. The Bertz CT molecular complexity index is 1080. The quantitative estimate of drug-likeness (QED) is 0.663. The summed E-state index contributed by atoms with van der Waals surface area (Å²) < 4.78 is 29.5. The SMILES string of the molecule is COc1ccc(CCN2C(=NC(=O)Cc3ccc(C)cc3)S[C@H]3CS(=O)(=O)C[C@H]32)cc1. The molecule has 6 nitrogen and oxygen atoms in total. The van der Waals surface area contributed by atoms with Crippen LogP contribution in [0.4, 0.5) is 0 Å². The van der Waals surface area contributed by atoms with E-state index in [9.17, 15) is 13.2 Å². The summed E-state index contributed by atoms with van der Waals surface area (Å²) in [5.74, 6) is 0.861. The molecule has 8 heteroatoms. The first-order valence-corrected chi connectivity index (χ1v) is 13.0. The topological polar surface area (TPSA) is 76.0 Å². The van der Waals surface area contributed by atoms with Crippen molar-refractivity contribution in [3.63, 3.8) is 0 Å². The van der Waals surface area contributed by atoms with Crippen LogP contribution in [-0.2, 0) is 27.5 Å². The van der Waals surface area contributed by atoms with Crippen molar-refractivity contribution in [3.8, 4) is 5.75 Å². The van der Waals surface area contributed by atoms with Gasteiger partial charge in [0.25, 0.3) is 5.91 Å². The van der Waals surface area contributed by atoms with E-state index in [0.717, 1.165) is 28.9 Å². The molecular formula is C23H26N2O4S2. The zero-order valence-electron chi connectivity index (χ0n) is 17.7. The van der Waals surface area contributed by atoms with Crippen LogP contribution in [0.5, 0.6) is 5.75 Å². The van der Waals surface area contributed by atoms with Crippen molar-refractivity contribution in [2.24, 2.45) is 4.99 Å². The van der Waals surface area contributed by atoms with E-state index in [1.54, 1.807) is 7.11 Å². The van der Waals surface area contributed by atoms with E-state index in [1.165, 1.54) is 11.8 Å². The predicted molar refractivity (Wildman–Crippen MR) is 125 cm³/mol. The number of amides is 1. The van der Waals surface area contributed by atoms with Crippen molar-refractivity contribution in [2.45, 2.75) is 31.1 Å². The number of carbonyl (C=O) groups is 1. The van der Waals surface area contributed by atoms with Crippen LogP contribution in [0.2, 0.25) is 0 Å². The fourth-order valence-corrected chi connectivity index (χ4v) is 7.96. The average molecular weight is 459 g/mol. The second-order valence-corrected chi connectivity index (χ2v) is 11.4. The summed E-state index contributed by atoms with van der Waals surface area (Å²) >= 11 is 1.43. The molecule has 2 atom stereocenters. The van der Waals surface area contributed by atoms with Gasteiger partial charge in [0.05, 0.1) is 31.1 Å². The monoisotopic (exact) mass is 458 g/mol. The molecule has 164 valence electrons. The summed E-state index contributed by atoms with van der Waals surface area (Å²) in [7, 11) is -1.42. The van der Waals surface area contributed by atoms with E-state index in [4.69, 9.17) is 4.74 Å². The Labute approximate surface area is 187 Å². The second-order valence-electron chi connectivity index (χ2n) is 8.04. The van der Waals surface area contributed by atoms with Gasteiger partial charge >= 0.3 is 0 Å². The molecule has 2 heterocycles. The number of nitrogens with zero attached hydrogens (tertiary/aromatic N) is 2. The normalized spacial score (nSPS) is 23.2. The molecule has 0 radical (unpaired) electrons. The third-order valence-corrected chi connectivity index (χ3v) is 8.92. The van der Waals surface area contributed by atoms with Gasteiger partial charge < -0.3 is 9.64 Å². The molecule has 0 aliphatic carbocycles. The molecule has 0 bridgehead atoms. The Morgan fingerprint density at radius 2 is 1.77 bits per heavy atom. The molecule has 2 fully saturated rings. The van der Waals surface area contributed by atoms with E-state index in [0.29, 0.717) is 11.7 Å². The lowest BCUT2D eigenvalue weighted by molar-refractivity contribution is -0.117. The molecule has 2 aromatic rings. The molecule has 0 unspecified atom stereocenters. The number of aryl methyl sites for hydroxylation is 1. The molecule has 31 heavy (non-hydrogen) atoms. The Morgan fingerprint density at radius 3 is 2.45 bits per heavy atom. The van der Waals surface area contributed by atoms with E-state index >= 15 is 0 Å². The van der Waals surface area contributed by atoms with Crippen LogP contribution in [0.1, 0.15) is 16.7 Å². The number of sulfone groups is 1. The number of fused-ring (bicyclic) bond motifs is 1. The molecular weight excluding hydrogens is 432 g/mol. The molecule has 2 saturated heterocycles. The van der Waals surface area contributed by atoms with E-state index < -0.39 is 9.84 Å². The molecule has 0 saturated carbocycles. The summed E-state index contributed by atoms with van der Waals surface area (Å²) in [5.41, 5.74) is 3.20. The molecule has 2 aromatic carbocycles. The van der Waals surface area contributed by atoms with Crippen molar-refractivity contribution >= 4 is 32.7 Å². The zero-order valence-corrected chi connectivity index (χ0v) is 19.3. The largest absolute Gasteiger partial charge is 0.497 e. The minimum absolute atomic E-state index is 0.0632. The lowest BCUT2D eigenvalue weighted by Crippen LogP contribution is -2.39. The Balaban J connectivity index is 1.49. The van der Waals surface area contributed by atoms with Gasteiger partial charge in [-0.25, -0.2) is 8.42 Å². The van der Waals surface area contributed by atoms with Gasteiger partial charge in [0.15, 0.2) is 15.0 Å². The molecule has 0 N–H and O–H groups in total. The third-order valence-electron chi connectivity index (χ3n) is 5.67. The fourth-order valence-electron chi connectivity index (χ4n) is 3.97. The number of thioether (sulfide) groups is 1. The molecule has 4 rings (SSSR count). The molecule has 2 aliphatic rings. The first-order chi connectivity index (χ1) is 14.8. The van der Waals surface area contributed by atoms with Gasteiger partial charge in [-0.3, -0.25) is 4.79 Å². The minimum atomic E-state index is -3.05. The minimum Gasteiger partial charge on any atom is -0.497 e. The van der Waals surface area contributed by atoms with Gasteiger partial charge in [-0.15, -0.1) is 0 Å². The first kappa shape index (κ1) is 21.9. The summed E-state index contributed by atoms with van der Waals surface area (Å²) in [6.45, 7) is 2.63. The first-order valence-electron chi connectivity index (χ1n) is 10.3. The summed E-state index contributed by atoms with van der Waals surface area (Å²) in [4.78, 5) is 19.1. The number of benzene rings is 2. The molecule has 0 aromatic heterocycles. The van der Waals surface area contributed by atoms with Gasteiger partial charge in [0.1, 0.15) is 5.75 Å². The highest BCUT2D eigenvalue weighted by molar-refractivity contribution is 8.15. The van der Waals surface area contributed by atoms with Crippen LogP contribution in [0, 0.1) is 6.92 Å². The van der Waals surface area contributed by atoms with Gasteiger partial charge in [-0.1, -0.05) is 53.7 Å². The smallest absolute Gasteiger partial charge is 0.252 e. The van der Waals surface area contributed by atoms with Gasteiger partial charge in [0.2, 0.25) is 0 Å². The van der Waals surface area contributed by atoms with Crippen LogP contribution in [0.3, 0.4) is 0 Å². The maximum atomic E-state index is 12.6. The van der Waals surface area contributed by atoms with Gasteiger partial charge in [-0.05, 0) is 36.6 Å². The number of carbonyl (C=O) groups excluding carboxylic acids is 1. The summed E-state index contributed by atoms with van der Waals surface area (Å²) in [6, 6.07) is 15.6. The zero-order chi connectivity index (χ0) is 22.0. The van der Waals surface area contributed by atoms with Gasteiger partial charge in [-0.2, -0.15) is 4.99 Å². The third kappa shape index (κ3) is 5.30. The lowest BCUT2D eigenvalue weighted by atomic mass is 10.1. The number of ether oxygens (including phenoxy) is 1. The average Bonchev–Trinajstić information content (AvgIpc) is 3.19. The van der Waals surface area contributed by atoms with Crippen LogP contribution in [-0.4, -0.2) is 60.8 Å². The van der Waals surface area contributed by atoms with Gasteiger partial charge in [0, 0.05) is 11.8 Å². The van der Waals surface area contributed by atoms with Crippen molar-refractivity contribution in [3.05, 3.63) is 65.2 Å². The lowest BCUT2D eigenvalue weighted by Gasteiger charge is -2.24. The summed E-state index contributed by atoms with van der Waals surface area (Å²) in [6.07, 6.45) is 0.975. The molecule has 2 aliphatic heterocycles. The maximum absolute atomic E-state index is 12.6. The molecule has 1 amide bonds. The van der Waals surface area contributed by atoms with E-state index in [2.05, 4.69) is 4.99 Å². The number of methoxy groups -OCH3 is 1. The van der Waals surface area contributed by atoms with Crippen molar-refractivity contribution < 1.29 is 17.9 Å². The van der Waals surface area contributed by atoms with Crippen LogP contribution in [0.15, 0.2) is 53.5 Å². The van der Waals surface area contributed by atoms with E-state index in [-0.39, 0.29) is 35.1 Å². The molecule has 0 spiro atoms. The van der Waals surface area contributed by atoms with Crippen molar-refractivity contribution in [1.82, 2.24) is 4.90 Å². The highest BCUT2D eigenvalue weighted by Crippen LogP contribution is 2.38. The number of amidine groups is 1. The number of rotatable bonds is 6. The van der Waals surface area contributed by atoms with Crippen molar-refractivity contribution in [2.75, 3.05) is 25.2 Å². The highest BCUT2D eigenvalue weighted by atomic mass is 32.2. The Hall–Kier alpha value is -2.32. The fraction of sp³-hybridized carbons (Fsp3) is 0.391. The van der Waals surface area contributed by atoms with E-state index in [1.807, 2.05) is 60.4 Å². The van der Waals surface area contributed by atoms with Crippen LogP contribution in [0.25, 0.3) is 0 Å². The number of hydrogen-bond acceptors (Lipinski definition) is 5. The predicted octanol–water partition coefficient (Wildman–Crippen LogP) is 2.89.